The number of ether oxygens (including phenoxy) is 1. The van der Waals surface area contributed by atoms with E-state index in [0.717, 1.165) is 83.7 Å². The molecule has 0 aliphatic carbocycles. The van der Waals surface area contributed by atoms with Crippen LogP contribution in [-0.2, 0) is 4.79 Å². The monoisotopic (exact) mass is 486 g/mol. The highest BCUT2D eigenvalue weighted by Crippen LogP contribution is 2.29. The van der Waals surface area contributed by atoms with Crippen molar-refractivity contribution in [1.29, 1.82) is 0 Å². The van der Waals surface area contributed by atoms with Crippen LogP contribution in [0.5, 0.6) is 5.75 Å². The molecule has 0 spiro atoms. The van der Waals surface area contributed by atoms with Gasteiger partial charge in [-0.15, -0.1) is 24.8 Å². The molecule has 3 saturated heterocycles. The molecule has 0 N–H and O–H groups in total. The molecule has 0 radical (unpaired) electrons. The molecule has 0 bridgehead atoms. The van der Waals surface area contributed by atoms with Gasteiger partial charge in [-0.25, -0.2) is 4.79 Å². The lowest BCUT2D eigenvalue weighted by molar-refractivity contribution is -0.128. The van der Waals surface area contributed by atoms with Crippen molar-refractivity contribution < 1.29 is 14.3 Å². The highest BCUT2D eigenvalue weighted by molar-refractivity contribution is 6.04. The zero-order valence-corrected chi connectivity index (χ0v) is 20.5. The van der Waals surface area contributed by atoms with Crippen LogP contribution in [-0.4, -0.2) is 85.1 Å². The molecule has 1 unspecified atom stereocenters. The van der Waals surface area contributed by atoms with Crippen molar-refractivity contribution in [2.75, 3.05) is 57.3 Å². The first-order valence-electron chi connectivity index (χ1n) is 11.5. The Bertz CT molecular complexity index is 737. The zero-order valence-electron chi connectivity index (χ0n) is 18.9. The molecular formula is C23H36Cl2N4O3. The number of amides is 3. The molecule has 0 saturated carbocycles. The number of carbonyl (C=O) groups is 2. The minimum atomic E-state index is -0.180. The molecule has 180 valence electrons. The number of imide groups is 1. The van der Waals surface area contributed by atoms with Crippen LogP contribution < -0.4 is 9.64 Å². The molecular weight excluding hydrogens is 451 g/mol. The van der Waals surface area contributed by atoms with Gasteiger partial charge in [-0.3, -0.25) is 14.6 Å². The van der Waals surface area contributed by atoms with E-state index in [2.05, 4.69) is 34.9 Å². The van der Waals surface area contributed by atoms with E-state index in [-0.39, 0.29) is 42.8 Å². The number of nitrogens with zero attached hydrogens (tertiary/aromatic N) is 4. The lowest BCUT2D eigenvalue weighted by Gasteiger charge is -2.36. The number of hydrogen-bond donors (Lipinski definition) is 0. The highest BCUT2D eigenvalue weighted by atomic mass is 35.5. The maximum Gasteiger partial charge on any atom is 0.327 e. The van der Waals surface area contributed by atoms with Crippen LogP contribution in [0.2, 0.25) is 0 Å². The molecule has 3 amide bonds. The van der Waals surface area contributed by atoms with Gasteiger partial charge in [0.1, 0.15) is 11.8 Å². The summed E-state index contributed by atoms with van der Waals surface area (Å²) in [6, 6.07) is 8.06. The number of fused-ring (bicyclic) bond motifs is 1. The Morgan fingerprint density at radius 2 is 1.72 bits per heavy atom. The lowest BCUT2D eigenvalue weighted by Crippen LogP contribution is -2.47. The van der Waals surface area contributed by atoms with Crippen molar-refractivity contribution in [2.24, 2.45) is 0 Å². The largest absolute Gasteiger partial charge is 0.491 e. The van der Waals surface area contributed by atoms with E-state index in [1.165, 1.54) is 10.6 Å². The van der Waals surface area contributed by atoms with Crippen molar-refractivity contribution in [3.8, 4) is 5.75 Å². The third kappa shape index (κ3) is 5.80. The van der Waals surface area contributed by atoms with Crippen LogP contribution in [0.4, 0.5) is 10.5 Å². The molecule has 3 aliphatic rings. The number of halogens is 2. The van der Waals surface area contributed by atoms with E-state index in [9.17, 15) is 9.59 Å². The number of rotatable bonds is 9. The van der Waals surface area contributed by atoms with Crippen molar-refractivity contribution >= 4 is 42.4 Å². The van der Waals surface area contributed by atoms with Crippen molar-refractivity contribution in [3.63, 3.8) is 0 Å². The normalized spacial score (nSPS) is 20.8. The first-order valence-corrected chi connectivity index (χ1v) is 11.5. The van der Waals surface area contributed by atoms with Crippen molar-refractivity contribution in [3.05, 3.63) is 24.3 Å². The number of piperazine rings is 1. The first kappa shape index (κ1) is 26.6. The molecule has 3 fully saturated rings. The summed E-state index contributed by atoms with van der Waals surface area (Å²) in [5.74, 6) is 0.994. The Balaban J connectivity index is 0.00000181. The SMILES string of the molecule is CCCCOc1ccccc1N1CCN(CCCN2C(=O)C3CCCN3C2=O)CC1.Cl.Cl. The van der Waals surface area contributed by atoms with Gasteiger partial charge in [0.15, 0.2) is 0 Å². The Kier molecular flexibility index (Phi) is 10.4. The molecule has 0 aromatic heterocycles. The second-order valence-corrected chi connectivity index (χ2v) is 8.48. The maximum absolute atomic E-state index is 12.4. The van der Waals surface area contributed by atoms with Crippen molar-refractivity contribution in [1.82, 2.24) is 14.7 Å². The quantitative estimate of drug-likeness (QED) is 0.393. The van der Waals surface area contributed by atoms with Gasteiger partial charge < -0.3 is 14.5 Å². The number of anilines is 1. The minimum absolute atomic E-state index is 0. The van der Waals surface area contributed by atoms with E-state index in [1.54, 1.807) is 4.90 Å². The molecule has 1 aromatic rings. The average molecular weight is 487 g/mol. The summed E-state index contributed by atoms with van der Waals surface area (Å²) in [5, 5.41) is 0. The third-order valence-electron chi connectivity index (χ3n) is 6.47. The summed E-state index contributed by atoms with van der Waals surface area (Å²) in [6.07, 6.45) is 4.82. The summed E-state index contributed by atoms with van der Waals surface area (Å²) < 4.78 is 6.00. The van der Waals surface area contributed by atoms with E-state index < -0.39 is 0 Å². The van der Waals surface area contributed by atoms with Crippen LogP contribution in [0, 0.1) is 0 Å². The van der Waals surface area contributed by atoms with Gasteiger partial charge in [0.25, 0.3) is 5.91 Å². The van der Waals surface area contributed by atoms with Crippen LogP contribution >= 0.6 is 24.8 Å². The summed E-state index contributed by atoms with van der Waals surface area (Å²) in [7, 11) is 0. The van der Waals surface area contributed by atoms with Gasteiger partial charge in [0.05, 0.1) is 12.3 Å². The minimum Gasteiger partial charge on any atom is -0.491 e. The fraction of sp³-hybridized carbons (Fsp3) is 0.652. The van der Waals surface area contributed by atoms with Crippen LogP contribution in [0.15, 0.2) is 24.3 Å². The summed E-state index contributed by atoms with van der Waals surface area (Å²) in [6.45, 7) is 9.03. The van der Waals surface area contributed by atoms with Gasteiger partial charge >= 0.3 is 6.03 Å². The Hall–Kier alpha value is -1.70. The first-order chi connectivity index (χ1) is 14.7. The predicted molar refractivity (Wildman–Crippen MR) is 131 cm³/mol. The number of urea groups is 1. The van der Waals surface area contributed by atoms with Crippen molar-refractivity contribution in [2.45, 2.75) is 45.1 Å². The standard InChI is InChI=1S/C23H34N4O3.2ClH/c1-2-3-18-30-21-10-5-4-8-19(21)25-16-14-24(15-17-25)11-7-13-27-22(28)20-9-6-12-26(20)23(27)29;;/h4-5,8,10,20H,2-3,6-7,9,11-18H2,1H3;2*1H. The second kappa shape index (κ2) is 12.5. The molecule has 7 nitrogen and oxygen atoms in total. The van der Waals surface area contributed by atoms with Gasteiger partial charge in [-0.2, -0.15) is 0 Å². The molecule has 3 aliphatic heterocycles. The van der Waals surface area contributed by atoms with Gasteiger partial charge in [0.2, 0.25) is 0 Å². The number of unbranched alkanes of at least 4 members (excludes halogenated alkanes) is 1. The molecule has 3 heterocycles. The fourth-order valence-corrected chi connectivity index (χ4v) is 4.72. The predicted octanol–water partition coefficient (Wildman–Crippen LogP) is 3.65. The van der Waals surface area contributed by atoms with Crippen LogP contribution in [0.25, 0.3) is 0 Å². The average Bonchev–Trinajstić information content (AvgIpc) is 3.34. The number of carbonyl (C=O) groups excluding carboxylic acids is 2. The lowest BCUT2D eigenvalue weighted by atomic mass is 10.2. The topological polar surface area (TPSA) is 56.3 Å². The van der Waals surface area contributed by atoms with Gasteiger partial charge in [0, 0.05) is 39.3 Å². The van der Waals surface area contributed by atoms with Crippen LogP contribution in [0.3, 0.4) is 0 Å². The summed E-state index contributed by atoms with van der Waals surface area (Å²) in [5.41, 5.74) is 1.18. The van der Waals surface area contributed by atoms with E-state index in [1.807, 2.05) is 6.07 Å². The number of para-hydroxylation sites is 2. The fourth-order valence-electron chi connectivity index (χ4n) is 4.72. The van der Waals surface area contributed by atoms with E-state index >= 15 is 0 Å². The van der Waals surface area contributed by atoms with Crippen LogP contribution in [0.1, 0.15) is 39.0 Å². The van der Waals surface area contributed by atoms with E-state index in [4.69, 9.17) is 4.74 Å². The Morgan fingerprint density at radius 3 is 2.44 bits per heavy atom. The smallest absolute Gasteiger partial charge is 0.327 e. The highest BCUT2D eigenvalue weighted by Gasteiger charge is 2.46. The second-order valence-electron chi connectivity index (χ2n) is 8.48. The Labute approximate surface area is 203 Å². The molecule has 4 rings (SSSR count). The van der Waals surface area contributed by atoms with Gasteiger partial charge in [-0.05, 0) is 44.4 Å². The third-order valence-corrected chi connectivity index (χ3v) is 6.47. The molecule has 9 heteroatoms. The zero-order chi connectivity index (χ0) is 20.9. The number of benzene rings is 1. The maximum atomic E-state index is 12.4. The molecule has 1 aromatic carbocycles. The molecule has 1 atom stereocenters. The number of hydrogen-bond acceptors (Lipinski definition) is 5. The Morgan fingerprint density at radius 1 is 0.969 bits per heavy atom. The van der Waals surface area contributed by atoms with E-state index in [0.29, 0.717) is 6.54 Å². The summed E-state index contributed by atoms with van der Waals surface area (Å²) >= 11 is 0. The molecule has 32 heavy (non-hydrogen) atoms. The van der Waals surface area contributed by atoms with Gasteiger partial charge in [-0.1, -0.05) is 25.5 Å². The summed E-state index contributed by atoms with van der Waals surface area (Å²) in [4.78, 5) is 32.9.